The zero-order valence-corrected chi connectivity index (χ0v) is 10.7. The Hall–Kier alpha value is 0.350. The Morgan fingerprint density at radius 3 is 2.33 bits per heavy atom. The second kappa shape index (κ2) is 5.16. The highest BCUT2D eigenvalue weighted by Crippen LogP contribution is 2.09. The molecule has 0 N–H and O–H groups in total. The van der Waals surface area contributed by atoms with Crippen molar-refractivity contribution in [3.8, 4) is 0 Å². The molecule has 0 heterocycles. The Morgan fingerprint density at radius 2 is 1.83 bits per heavy atom. The van der Waals surface area contributed by atoms with Crippen LogP contribution < -0.4 is 0 Å². The third kappa shape index (κ3) is 3.84. The van der Waals surface area contributed by atoms with Crippen molar-refractivity contribution < 1.29 is 4.79 Å². The molecule has 1 aromatic carbocycles. The molecule has 1 rings (SSSR count). The maximum atomic E-state index is 10.7. The molecule has 0 amide bonds. The summed E-state index contributed by atoms with van der Waals surface area (Å²) < 4.78 is 1.46. The Morgan fingerprint density at radius 1 is 1.25 bits per heavy atom. The molecule has 0 radical (unpaired) electrons. The van der Waals surface area contributed by atoms with Gasteiger partial charge in [-0.2, -0.15) is 0 Å². The van der Waals surface area contributed by atoms with Gasteiger partial charge in [0.15, 0.2) is 3.79 Å². The second-order valence-corrected chi connectivity index (χ2v) is 4.93. The monoisotopic (exact) mass is 386 g/mol. The Kier molecular flexibility index (Phi) is 4.49. The SMILES string of the molecule is O=C(I)CCc1ccc(I)cc1. The van der Waals surface area contributed by atoms with E-state index in [0.717, 1.165) is 6.42 Å². The van der Waals surface area contributed by atoms with Crippen LogP contribution in [0.1, 0.15) is 12.0 Å². The molecule has 0 aliphatic heterocycles. The molecule has 0 aliphatic rings. The van der Waals surface area contributed by atoms with E-state index in [1.165, 1.54) is 9.13 Å². The third-order valence-electron chi connectivity index (χ3n) is 1.52. The van der Waals surface area contributed by atoms with Gasteiger partial charge in [0.25, 0.3) is 0 Å². The van der Waals surface area contributed by atoms with Crippen molar-refractivity contribution >= 4 is 49.0 Å². The van der Waals surface area contributed by atoms with Crippen molar-refractivity contribution in [1.82, 2.24) is 0 Å². The maximum Gasteiger partial charge on any atom is 0.192 e. The van der Waals surface area contributed by atoms with Crippen molar-refractivity contribution in [1.29, 1.82) is 0 Å². The van der Waals surface area contributed by atoms with E-state index in [4.69, 9.17) is 0 Å². The van der Waals surface area contributed by atoms with E-state index in [1.807, 2.05) is 22.6 Å². The number of aryl methyl sites for hydroxylation is 1. The van der Waals surface area contributed by atoms with Crippen LogP contribution >= 0.6 is 45.2 Å². The number of carbonyl (C=O) groups is 1. The van der Waals surface area contributed by atoms with Crippen LogP contribution in [0.15, 0.2) is 24.3 Å². The summed E-state index contributed by atoms with van der Waals surface area (Å²) in [6, 6.07) is 8.27. The highest BCUT2D eigenvalue weighted by Gasteiger charge is 1.97. The molecule has 1 nitrogen and oxygen atoms in total. The first-order chi connectivity index (χ1) is 5.68. The van der Waals surface area contributed by atoms with Crippen LogP contribution in [0.4, 0.5) is 0 Å². The quantitative estimate of drug-likeness (QED) is 0.577. The van der Waals surface area contributed by atoms with Gasteiger partial charge in [-0.3, -0.25) is 4.79 Å². The average Bonchev–Trinajstić information content (AvgIpc) is 2.03. The molecule has 0 spiro atoms. The van der Waals surface area contributed by atoms with Gasteiger partial charge in [0.2, 0.25) is 0 Å². The van der Waals surface area contributed by atoms with E-state index >= 15 is 0 Å². The number of benzene rings is 1. The van der Waals surface area contributed by atoms with Crippen molar-refractivity contribution in [3.63, 3.8) is 0 Å². The third-order valence-corrected chi connectivity index (χ3v) is 2.78. The fraction of sp³-hybridized carbons (Fsp3) is 0.222. The number of rotatable bonds is 3. The van der Waals surface area contributed by atoms with Gasteiger partial charge in [0.1, 0.15) is 0 Å². The summed E-state index contributed by atoms with van der Waals surface area (Å²) in [7, 11) is 0. The van der Waals surface area contributed by atoms with Gasteiger partial charge in [-0.05, 0) is 69.3 Å². The first-order valence-electron chi connectivity index (χ1n) is 3.61. The first kappa shape index (κ1) is 10.4. The molecule has 0 unspecified atom stereocenters. The zero-order chi connectivity index (χ0) is 8.97. The lowest BCUT2D eigenvalue weighted by Crippen LogP contribution is -1.90. The smallest absolute Gasteiger partial charge is 0.192 e. The minimum atomic E-state index is 0.228. The van der Waals surface area contributed by atoms with E-state index in [1.54, 1.807) is 0 Å². The van der Waals surface area contributed by atoms with Crippen molar-refractivity contribution in [2.75, 3.05) is 0 Å². The first-order valence-corrected chi connectivity index (χ1v) is 5.77. The van der Waals surface area contributed by atoms with Crippen molar-refractivity contribution in [2.24, 2.45) is 0 Å². The van der Waals surface area contributed by atoms with E-state index < -0.39 is 0 Å². The average molecular weight is 386 g/mol. The van der Waals surface area contributed by atoms with Gasteiger partial charge in [-0.15, -0.1) is 0 Å². The molecule has 0 saturated heterocycles. The van der Waals surface area contributed by atoms with Crippen LogP contribution in [0.5, 0.6) is 0 Å². The highest BCUT2D eigenvalue weighted by molar-refractivity contribution is 14.1. The summed E-state index contributed by atoms with van der Waals surface area (Å²) >= 11 is 4.11. The lowest BCUT2D eigenvalue weighted by atomic mass is 10.1. The fourth-order valence-electron chi connectivity index (χ4n) is 0.894. The standard InChI is InChI=1S/C9H8I2O/c10-8-4-1-7(2-5-8)3-6-9(11)12/h1-2,4-5H,3,6H2. The number of hydrogen-bond donors (Lipinski definition) is 0. The topological polar surface area (TPSA) is 17.1 Å². The summed E-state index contributed by atoms with van der Waals surface area (Å²) in [5, 5.41) is 0. The van der Waals surface area contributed by atoms with E-state index in [-0.39, 0.29) is 3.79 Å². The van der Waals surface area contributed by atoms with Gasteiger partial charge >= 0.3 is 0 Å². The molecule has 3 heteroatoms. The summed E-state index contributed by atoms with van der Waals surface area (Å²) in [5.41, 5.74) is 1.24. The Labute approximate surface area is 99.2 Å². The van der Waals surface area contributed by atoms with Crippen molar-refractivity contribution in [3.05, 3.63) is 33.4 Å². The molecule has 1 aromatic rings. The molecular weight excluding hydrogens is 378 g/mol. The summed E-state index contributed by atoms with van der Waals surface area (Å²) in [6.45, 7) is 0. The Bertz CT molecular complexity index is 266. The normalized spacial score (nSPS) is 9.83. The lowest BCUT2D eigenvalue weighted by molar-refractivity contribution is -0.109. The van der Waals surface area contributed by atoms with Crippen LogP contribution in [0.3, 0.4) is 0 Å². The van der Waals surface area contributed by atoms with Crippen LogP contribution in [0.25, 0.3) is 0 Å². The van der Waals surface area contributed by atoms with Crippen LogP contribution in [0.2, 0.25) is 0 Å². The van der Waals surface area contributed by atoms with E-state index in [9.17, 15) is 4.79 Å². The lowest BCUT2D eigenvalue weighted by Gasteiger charge is -1.97. The molecule has 12 heavy (non-hydrogen) atoms. The van der Waals surface area contributed by atoms with Crippen LogP contribution in [-0.2, 0) is 11.2 Å². The molecule has 0 aromatic heterocycles. The highest BCUT2D eigenvalue weighted by atomic mass is 127. The van der Waals surface area contributed by atoms with E-state index in [2.05, 4.69) is 46.9 Å². The Balaban J connectivity index is 2.53. The summed E-state index contributed by atoms with van der Waals surface area (Å²) in [6.07, 6.45) is 1.50. The second-order valence-electron chi connectivity index (χ2n) is 2.48. The predicted molar refractivity (Wildman–Crippen MR) is 66.5 cm³/mol. The fourth-order valence-corrected chi connectivity index (χ4v) is 1.52. The van der Waals surface area contributed by atoms with Gasteiger partial charge < -0.3 is 0 Å². The van der Waals surface area contributed by atoms with Crippen LogP contribution in [0, 0.1) is 3.57 Å². The minimum Gasteiger partial charge on any atom is -0.288 e. The molecular formula is C9H8I2O. The van der Waals surface area contributed by atoms with Gasteiger partial charge in [0, 0.05) is 9.99 Å². The minimum absolute atomic E-state index is 0.228. The molecule has 0 bridgehead atoms. The van der Waals surface area contributed by atoms with Gasteiger partial charge in [-0.25, -0.2) is 0 Å². The zero-order valence-electron chi connectivity index (χ0n) is 6.39. The molecule has 0 aliphatic carbocycles. The number of halogens is 2. The molecule has 64 valence electrons. The largest absolute Gasteiger partial charge is 0.288 e. The molecule has 0 fully saturated rings. The maximum absolute atomic E-state index is 10.7. The van der Waals surface area contributed by atoms with Gasteiger partial charge in [-0.1, -0.05) is 12.1 Å². The summed E-state index contributed by atoms with van der Waals surface area (Å²) in [5.74, 6) is 0. The molecule has 0 atom stereocenters. The number of carbonyl (C=O) groups excluding carboxylic acids is 1. The predicted octanol–water partition coefficient (Wildman–Crippen LogP) is 3.19. The van der Waals surface area contributed by atoms with Crippen molar-refractivity contribution in [2.45, 2.75) is 12.8 Å². The summed E-state index contributed by atoms with van der Waals surface area (Å²) in [4.78, 5) is 10.7. The number of hydrogen-bond acceptors (Lipinski definition) is 1. The molecule has 0 saturated carbocycles. The van der Waals surface area contributed by atoms with Crippen LogP contribution in [-0.4, -0.2) is 3.79 Å². The van der Waals surface area contributed by atoms with E-state index in [0.29, 0.717) is 6.42 Å². The van der Waals surface area contributed by atoms with Gasteiger partial charge in [0.05, 0.1) is 0 Å².